The zero-order chi connectivity index (χ0) is 16.2. The number of phenolic OH excluding ortho intramolecular Hbond substituents is 1. The lowest BCUT2D eigenvalue weighted by Crippen LogP contribution is -2.20. The summed E-state index contributed by atoms with van der Waals surface area (Å²) in [5, 5.41) is 10.5. The molecule has 2 unspecified atom stereocenters. The average molecular weight is 307 g/mol. The number of nitrogens with zero attached hydrogens (tertiary/aromatic N) is 1. The normalized spacial score (nSPS) is 21.7. The van der Waals surface area contributed by atoms with Gasteiger partial charge < -0.3 is 5.11 Å². The van der Waals surface area contributed by atoms with Gasteiger partial charge in [-0.15, -0.1) is 0 Å². The summed E-state index contributed by atoms with van der Waals surface area (Å²) in [6.45, 7) is 4.22. The number of rotatable bonds is 3. The van der Waals surface area contributed by atoms with Gasteiger partial charge in [0.2, 0.25) is 0 Å². The van der Waals surface area contributed by atoms with Crippen LogP contribution in [0.25, 0.3) is 11.1 Å². The van der Waals surface area contributed by atoms with Crippen molar-refractivity contribution in [2.45, 2.75) is 45.6 Å². The fraction of sp³-hybridized carbons (Fsp3) is 0.381. The first-order chi connectivity index (χ1) is 11.2. The second-order valence-corrected chi connectivity index (χ2v) is 6.67. The van der Waals surface area contributed by atoms with Crippen LogP contribution in [-0.2, 0) is 0 Å². The standard InChI is InChI=1S/C21H25NO/c1-15-8-6-7-11-20(15)22-14-19-18(13-12-16(2)21(19)23)17-9-4-3-5-10-17/h3-5,9-10,12-15,20,23H,6-8,11H2,1-2H3. The zero-order valence-electron chi connectivity index (χ0n) is 14.0. The summed E-state index contributed by atoms with van der Waals surface area (Å²) in [6, 6.07) is 14.6. The van der Waals surface area contributed by atoms with E-state index in [9.17, 15) is 5.11 Å². The summed E-state index contributed by atoms with van der Waals surface area (Å²) < 4.78 is 0. The largest absolute Gasteiger partial charge is 0.507 e. The SMILES string of the molecule is Cc1ccc(-c2ccccc2)c(C=NC2CCCCC2C)c1O. The first-order valence-corrected chi connectivity index (χ1v) is 8.58. The van der Waals surface area contributed by atoms with Crippen LogP contribution in [0.4, 0.5) is 0 Å². The van der Waals surface area contributed by atoms with Gasteiger partial charge in [-0.2, -0.15) is 0 Å². The Labute approximate surface area is 138 Å². The predicted octanol–water partition coefficient (Wildman–Crippen LogP) is 5.37. The van der Waals surface area contributed by atoms with Gasteiger partial charge in [0, 0.05) is 11.8 Å². The van der Waals surface area contributed by atoms with Crippen molar-refractivity contribution in [3.05, 3.63) is 53.6 Å². The minimum atomic E-state index is 0.346. The zero-order valence-corrected chi connectivity index (χ0v) is 14.0. The summed E-state index contributed by atoms with van der Waals surface area (Å²) >= 11 is 0. The highest BCUT2D eigenvalue weighted by atomic mass is 16.3. The van der Waals surface area contributed by atoms with Crippen molar-refractivity contribution in [2.24, 2.45) is 10.9 Å². The van der Waals surface area contributed by atoms with Gasteiger partial charge in [-0.25, -0.2) is 0 Å². The molecule has 1 aliphatic rings. The predicted molar refractivity (Wildman–Crippen MR) is 97.3 cm³/mol. The molecule has 2 nitrogen and oxygen atoms in total. The van der Waals surface area contributed by atoms with Crippen molar-refractivity contribution in [2.75, 3.05) is 0 Å². The maximum atomic E-state index is 10.5. The minimum absolute atomic E-state index is 0.346. The highest BCUT2D eigenvalue weighted by Gasteiger charge is 2.20. The number of aliphatic imine (C=N–C) groups is 1. The quantitative estimate of drug-likeness (QED) is 0.760. The van der Waals surface area contributed by atoms with E-state index in [0.29, 0.717) is 17.7 Å². The number of hydrogen-bond donors (Lipinski definition) is 1. The monoisotopic (exact) mass is 307 g/mol. The molecule has 23 heavy (non-hydrogen) atoms. The fourth-order valence-corrected chi connectivity index (χ4v) is 3.41. The average Bonchev–Trinajstić information content (AvgIpc) is 2.58. The molecule has 1 saturated carbocycles. The maximum absolute atomic E-state index is 10.5. The molecule has 0 aliphatic heterocycles. The van der Waals surface area contributed by atoms with Gasteiger partial charge >= 0.3 is 0 Å². The van der Waals surface area contributed by atoms with Crippen LogP contribution in [-0.4, -0.2) is 17.4 Å². The van der Waals surface area contributed by atoms with Crippen LogP contribution in [0.3, 0.4) is 0 Å². The van der Waals surface area contributed by atoms with Crippen LogP contribution >= 0.6 is 0 Å². The Kier molecular flexibility index (Phi) is 4.80. The Hall–Kier alpha value is -2.09. The molecular weight excluding hydrogens is 282 g/mol. The van der Waals surface area contributed by atoms with Gasteiger partial charge in [0.1, 0.15) is 5.75 Å². The molecule has 3 rings (SSSR count). The molecule has 2 aromatic carbocycles. The highest BCUT2D eigenvalue weighted by molar-refractivity contribution is 5.94. The Morgan fingerprint density at radius 3 is 2.52 bits per heavy atom. The Balaban J connectivity index is 1.98. The molecular formula is C21H25NO. The number of aryl methyl sites for hydroxylation is 1. The molecule has 1 N–H and O–H groups in total. The van der Waals surface area contributed by atoms with Crippen molar-refractivity contribution in [1.29, 1.82) is 0 Å². The molecule has 120 valence electrons. The second-order valence-electron chi connectivity index (χ2n) is 6.67. The van der Waals surface area contributed by atoms with Crippen LogP contribution in [0, 0.1) is 12.8 Å². The number of aromatic hydroxyl groups is 1. The van der Waals surface area contributed by atoms with E-state index < -0.39 is 0 Å². The van der Waals surface area contributed by atoms with Crippen LogP contribution < -0.4 is 0 Å². The van der Waals surface area contributed by atoms with E-state index in [4.69, 9.17) is 4.99 Å². The van der Waals surface area contributed by atoms with Crippen molar-refractivity contribution in [3.63, 3.8) is 0 Å². The highest BCUT2D eigenvalue weighted by Crippen LogP contribution is 2.32. The lowest BCUT2D eigenvalue weighted by Gasteiger charge is -2.25. The molecule has 0 aromatic heterocycles. The summed E-state index contributed by atoms with van der Waals surface area (Å²) in [6.07, 6.45) is 6.89. The Bertz CT molecular complexity index is 690. The summed E-state index contributed by atoms with van der Waals surface area (Å²) in [7, 11) is 0. The molecule has 0 saturated heterocycles. The van der Waals surface area contributed by atoms with Crippen LogP contribution in [0.15, 0.2) is 47.5 Å². The van der Waals surface area contributed by atoms with Gasteiger partial charge in [0.05, 0.1) is 6.04 Å². The molecule has 1 aliphatic carbocycles. The third kappa shape index (κ3) is 3.47. The van der Waals surface area contributed by atoms with Crippen LogP contribution in [0.5, 0.6) is 5.75 Å². The van der Waals surface area contributed by atoms with Crippen molar-refractivity contribution in [1.82, 2.24) is 0 Å². The smallest absolute Gasteiger partial charge is 0.127 e. The van der Waals surface area contributed by atoms with E-state index in [1.165, 1.54) is 19.3 Å². The third-order valence-corrected chi connectivity index (χ3v) is 4.96. The van der Waals surface area contributed by atoms with E-state index in [-0.39, 0.29) is 0 Å². The molecule has 2 atom stereocenters. The lowest BCUT2D eigenvalue weighted by molar-refractivity contribution is 0.333. The summed E-state index contributed by atoms with van der Waals surface area (Å²) in [5.41, 5.74) is 3.89. The van der Waals surface area contributed by atoms with Crippen molar-refractivity contribution >= 4 is 6.21 Å². The van der Waals surface area contributed by atoms with Gasteiger partial charge in [-0.1, -0.05) is 62.2 Å². The van der Waals surface area contributed by atoms with Crippen molar-refractivity contribution < 1.29 is 5.11 Å². The number of phenols is 1. The molecule has 0 heterocycles. The molecule has 2 aromatic rings. The fourth-order valence-electron chi connectivity index (χ4n) is 3.41. The third-order valence-electron chi connectivity index (χ3n) is 4.96. The van der Waals surface area contributed by atoms with Gasteiger partial charge in [0.15, 0.2) is 0 Å². The molecule has 0 spiro atoms. The first kappa shape index (κ1) is 15.8. The second kappa shape index (κ2) is 6.99. The van der Waals surface area contributed by atoms with Crippen LogP contribution in [0.1, 0.15) is 43.7 Å². The van der Waals surface area contributed by atoms with Gasteiger partial charge in [-0.3, -0.25) is 4.99 Å². The first-order valence-electron chi connectivity index (χ1n) is 8.58. The lowest BCUT2D eigenvalue weighted by atomic mass is 9.86. The van der Waals surface area contributed by atoms with Gasteiger partial charge in [0.25, 0.3) is 0 Å². The molecule has 2 heteroatoms. The molecule has 0 amide bonds. The van der Waals surface area contributed by atoms with Gasteiger partial charge in [-0.05, 0) is 42.4 Å². The number of hydrogen-bond acceptors (Lipinski definition) is 2. The molecule has 0 bridgehead atoms. The summed E-state index contributed by atoms with van der Waals surface area (Å²) in [4.78, 5) is 4.84. The van der Waals surface area contributed by atoms with E-state index in [0.717, 1.165) is 28.7 Å². The van der Waals surface area contributed by atoms with Crippen LogP contribution in [0.2, 0.25) is 0 Å². The van der Waals surface area contributed by atoms with E-state index in [2.05, 4.69) is 25.1 Å². The Morgan fingerprint density at radius 1 is 1.04 bits per heavy atom. The summed E-state index contributed by atoms with van der Waals surface area (Å²) in [5.74, 6) is 0.977. The van der Waals surface area contributed by atoms with E-state index >= 15 is 0 Å². The Morgan fingerprint density at radius 2 is 1.78 bits per heavy atom. The van der Waals surface area contributed by atoms with Crippen molar-refractivity contribution in [3.8, 4) is 16.9 Å². The van der Waals surface area contributed by atoms with E-state index in [1.807, 2.05) is 37.4 Å². The molecule has 0 radical (unpaired) electrons. The molecule has 1 fully saturated rings. The van der Waals surface area contributed by atoms with E-state index in [1.54, 1.807) is 0 Å². The minimum Gasteiger partial charge on any atom is -0.507 e. The number of benzene rings is 2. The maximum Gasteiger partial charge on any atom is 0.127 e. The topological polar surface area (TPSA) is 32.6 Å².